The van der Waals surface area contributed by atoms with Crippen LogP contribution >= 0.6 is 12.2 Å². The summed E-state index contributed by atoms with van der Waals surface area (Å²) in [6.07, 6.45) is 2.02. The molecule has 0 saturated carbocycles. The first-order valence-electron chi connectivity index (χ1n) is 9.99. The fourth-order valence-electron chi connectivity index (χ4n) is 2.44. The summed E-state index contributed by atoms with van der Waals surface area (Å²) in [5, 5.41) is 5.95. The standard InChI is InChI=1S/C23H30N2O3S/c1-5-17(4)28-21-11-7-9-19(15-21)24-23(29)25-22(26)18-8-6-10-20(14-18)27-13-12-16(2)3/h6-11,14-17H,5,12-13H2,1-4H3,(H2,24,25,26,29). The first kappa shape index (κ1) is 22.7. The summed E-state index contributed by atoms with van der Waals surface area (Å²) in [6, 6.07) is 14.6. The van der Waals surface area contributed by atoms with Crippen molar-refractivity contribution in [2.45, 2.75) is 46.6 Å². The van der Waals surface area contributed by atoms with E-state index in [1.165, 1.54) is 0 Å². The van der Waals surface area contributed by atoms with Crippen LogP contribution in [0.4, 0.5) is 5.69 Å². The summed E-state index contributed by atoms with van der Waals surface area (Å²) in [5.41, 5.74) is 1.24. The number of hydrogen-bond acceptors (Lipinski definition) is 4. The lowest BCUT2D eigenvalue weighted by Gasteiger charge is -2.14. The lowest BCUT2D eigenvalue weighted by Crippen LogP contribution is -2.34. The van der Waals surface area contributed by atoms with Gasteiger partial charge < -0.3 is 14.8 Å². The zero-order valence-electron chi connectivity index (χ0n) is 17.5. The minimum atomic E-state index is -0.288. The monoisotopic (exact) mass is 414 g/mol. The predicted octanol–water partition coefficient (Wildman–Crippen LogP) is 5.42. The second kappa shape index (κ2) is 11.4. The van der Waals surface area contributed by atoms with Crippen molar-refractivity contribution in [2.75, 3.05) is 11.9 Å². The molecule has 0 aliphatic heterocycles. The number of thiocarbonyl (C=S) groups is 1. The van der Waals surface area contributed by atoms with Gasteiger partial charge in [0, 0.05) is 17.3 Å². The third kappa shape index (κ3) is 8.11. The molecule has 6 heteroatoms. The molecule has 0 aromatic heterocycles. The number of anilines is 1. The number of hydrogen-bond donors (Lipinski definition) is 2. The molecule has 5 nitrogen and oxygen atoms in total. The molecule has 29 heavy (non-hydrogen) atoms. The summed E-state index contributed by atoms with van der Waals surface area (Å²) >= 11 is 5.28. The third-order valence-corrected chi connectivity index (χ3v) is 4.50. The van der Waals surface area contributed by atoms with Gasteiger partial charge in [-0.1, -0.05) is 32.9 Å². The molecule has 0 aliphatic rings. The average molecular weight is 415 g/mol. The Morgan fingerprint density at radius 1 is 1.07 bits per heavy atom. The maximum Gasteiger partial charge on any atom is 0.257 e. The number of rotatable bonds is 9. The van der Waals surface area contributed by atoms with Crippen LogP contribution in [0.3, 0.4) is 0 Å². The smallest absolute Gasteiger partial charge is 0.257 e. The van der Waals surface area contributed by atoms with Gasteiger partial charge in [0.1, 0.15) is 11.5 Å². The van der Waals surface area contributed by atoms with Crippen LogP contribution in [0.25, 0.3) is 0 Å². The summed E-state index contributed by atoms with van der Waals surface area (Å²) in [7, 11) is 0. The Balaban J connectivity index is 1.92. The van der Waals surface area contributed by atoms with Crippen molar-refractivity contribution in [1.82, 2.24) is 5.32 Å². The SMILES string of the molecule is CCC(C)Oc1cccc(NC(=S)NC(=O)c2cccc(OCCC(C)C)c2)c1. The largest absolute Gasteiger partial charge is 0.494 e. The van der Waals surface area contributed by atoms with Crippen LogP contribution < -0.4 is 20.1 Å². The van der Waals surface area contributed by atoms with Crippen molar-refractivity contribution in [3.05, 3.63) is 54.1 Å². The second-order valence-electron chi connectivity index (χ2n) is 7.33. The van der Waals surface area contributed by atoms with Crippen molar-refractivity contribution in [3.8, 4) is 11.5 Å². The fourth-order valence-corrected chi connectivity index (χ4v) is 2.65. The number of nitrogens with one attached hydrogen (secondary N) is 2. The Hall–Kier alpha value is -2.60. The van der Waals surface area contributed by atoms with E-state index in [1.54, 1.807) is 18.2 Å². The van der Waals surface area contributed by atoms with Crippen LogP contribution in [-0.2, 0) is 0 Å². The summed E-state index contributed by atoms with van der Waals surface area (Å²) in [4.78, 5) is 12.5. The zero-order chi connectivity index (χ0) is 21.2. The van der Waals surface area contributed by atoms with Crippen molar-refractivity contribution < 1.29 is 14.3 Å². The van der Waals surface area contributed by atoms with E-state index in [4.69, 9.17) is 21.7 Å². The van der Waals surface area contributed by atoms with Gasteiger partial charge in [0.2, 0.25) is 0 Å². The zero-order valence-corrected chi connectivity index (χ0v) is 18.3. The number of carbonyl (C=O) groups is 1. The highest BCUT2D eigenvalue weighted by Crippen LogP contribution is 2.19. The molecule has 1 amide bonds. The Labute approximate surface area is 178 Å². The molecular formula is C23H30N2O3S. The van der Waals surface area contributed by atoms with Gasteiger partial charge in [0.25, 0.3) is 5.91 Å². The van der Waals surface area contributed by atoms with E-state index in [-0.39, 0.29) is 17.1 Å². The van der Waals surface area contributed by atoms with E-state index in [2.05, 4.69) is 31.4 Å². The van der Waals surface area contributed by atoms with Gasteiger partial charge >= 0.3 is 0 Å². The second-order valence-corrected chi connectivity index (χ2v) is 7.74. The van der Waals surface area contributed by atoms with Gasteiger partial charge in [-0.25, -0.2) is 0 Å². The molecule has 156 valence electrons. The summed E-state index contributed by atoms with van der Waals surface area (Å²) in [6.45, 7) is 9.01. The number of ether oxygens (including phenoxy) is 2. The van der Waals surface area contributed by atoms with Crippen LogP contribution in [0.2, 0.25) is 0 Å². The molecule has 0 heterocycles. The highest BCUT2D eigenvalue weighted by atomic mass is 32.1. The van der Waals surface area contributed by atoms with Gasteiger partial charge in [0.05, 0.1) is 12.7 Å². The first-order chi connectivity index (χ1) is 13.9. The molecule has 1 atom stereocenters. The van der Waals surface area contributed by atoms with Gasteiger partial charge in [-0.2, -0.15) is 0 Å². The quantitative estimate of drug-likeness (QED) is 0.537. The highest BCUT2D eigenvalue weighted by molar-refractivity contribution is 7.80. The number of amides is 1. The van der Waals surface area contributed by atoms with Gasteiger partial charge in [-0.05, 0) is 68.2 Å². The van der Waals surface area contributed by atoms with E-state index in [0.717, 1.165) is 24.3 Å². The molecule has 2 aromatic carbocycles. The maximum atomic E-state index is 12.5. The van der Waals surface area contributed by atoms with E-state index in [9.17, 15) is 4.79 Å². The highest BCUT2D eigenvalue weighted by Gasteiger charge is 2.10. The van der Waals surface area contributed by atoms with Crippen LogP contribution in [-0.4, -0.2) is 23.7 Å². The molecule has 0 spiro atoms. The topological polar surface area (TPSA) is 59.6 Å². The number of carbonyl (C=O) groups excluding carboxylic acids is 1. The number of benzene rings is 2. The molecule has 0 saturated heterocycles. The summed E-state index contributed by atoms with van der Waals surface area (Å²) in [5.74, 6) is 1.71. The molecule has 2 aromatic rings. The van der Waals surface area contributed by atoms with Crippen LogP contribution in [0, 0.1) is 5.92 Å². The van der Waals surface area contributed by atoms with Crippen molar-refractivity contribution >= 4 is 28.9 Å². The molecule has 2 rings (SSSR count). The molecule has 0 fully saturated rings. The summed E-state index contributed by atoms with van der Waals surface area (Å²) < 4.78 is 11.5. The lowest BCUT2D eigenvalue weighted by molar-refractivity contribution is 0.0977. The first-order valence-corrected chi connectivity index (χ1v) is 10.4. The van der Waals surface area contributed by atoms with Gasteiger partial charge in [-0.3, -0.25) is 10.1 Å². The van der Waals surface area contributed by atoms with Crippen molar-refractivity contribution in [3.63, 3.8) is 0 Å². The van der Waals surface area contributed by atoms with Crippen LogP contribution in [0.15, 0.2) is 48.5 Å². The van der Waals surface area contributed by atoms with Crippen LogP contribution in [0.5, 0.6) is 11.5 Å². The fraction of sp³-hybridized carbons (Fsp3) is 0.391. The van der Waals surface area contributed by atoms with E-state index < -0.39 is 0 Å². The van der Waals surface area contributed by atoms with E-state index in [0.29, 0.717) is 23.8 Å². The lowest BCUT2D eigenvalue weighted by atomic mass is 10.1. The van der Waals surface area contributed by atoms with E-state index >= 15 is 0 Å². The Morgan fingerprint density at radius 2 is 1.79 bits per heavy atom. The Bertz CT molecular complexity index is 823. The average Bonchev–Trinajstić information content (AvgIpc) is 2.68. The normalized spacial score (nSPS) is 11.6. The maximum absolute atomic E-state index is 12.5. The van der Waals surface area contributed by atoms with Gasteiger partial charge in [0.15, 0.2) is 5.11 Å². The minimum absolute atomic E-state index is 0.131. The molecule has 0 bridgehead atoms. The minimum Gasteiger partial charge on any atom is -0.494 e. The molecule has 0 radical (unpaired) electrons. The third-order valence-electron chi connectivity index (χ3n) is 4.29. The Morgan fingerprint density at radius 3 is 2.52 bits per heavy atom. The molecule has 2 N–H and O–H groups in total. The molecule has 0 aliphatic carbocycles. The Kier molecular flexibility index (Phi) is 8.93. The molecular weight excluding hydrogens is 384 g/mol. The predicted molar refractivity (Wildman–Crippen MR) is 122 cm³/mol. The molecule has 1 unspecified atom stereocenters. The van der Waals surface area contributed by atoms with Crippen molar-refractivity contribution in [1.29, 1.82) is 0 Å². The van der Waals surface area contributed by atoms with Crippen LogP contribution in [0.1, 0.15) is 50.9 Å². The van der Waals surface area contributed by atoms with Crippen molar-refractivity contribution in [2.24, 2.45) is 5.92 Å². The van der Waals surface area contributed by atoms with Gasteiger partial charge in [-0.15, -0.1) is 0 Å². The van der Waals surface area contributed by atoms with E-state index in [1.807, 2.05) is 37.3 Å².